The number of alkyl halides is 3. The van der Waals surface area contributed by atoms with Gasteiger partial charge in [0.15, 0.2) is 5.82 Å². The number of rotatable bonds is 2. The van der Waals surface area contributed by atoms with Gasteiger partial charge in [-0.3, -0.25) is 4.79 Å². The molecule has 1 aromatic carbocycles. The Bertz CT molecular complexity index is 942. The largest absolute Gasteiger partial charge is 0.408 e. The number of benzene rings is 1. The molecule has 0 aliphatic rings. The van der Waals surface area contributed by atoms with E-state index >= 15 is 0 Å². The number of aryl methyl sites for hydroxylation is 2. The van der Waals surface area contributed by atoms with Gasteiger partial charge in [-0.25, -0.2) is 14.6 Å². The van der Waals surface area contributed by atoms with E-state index in [1.54, 1.807) is 13.1 Å². The Hall–Kier alpha value is -2.71. The Kier molecular flexibility index (Phi) is 3.42. The Morgan fingerprint density at radius 2 is 2.00 bits per heavy atom. The van der Waals surface area contributed by atoms with Crippen LogP contribution >= 0.6 is 0 Å². The number of hydrogen-bond donors (Lipinski definition) is 0. The average Bonchev–Trinajstić information content (AvgIpc) is 2.81. The van der Waals surface area contributed by atoms with E-state index in [1.807, 2.05) is 0 Å². The number of hydrogen-bond acceptors (Lipinski definition) is 4. The normalized spacial score (nSPS) is 12.0. The van der Waals surface area contributed by atoms with Gasteiger partial charge >= 0.3 is 6.18 Å². The van der Waals surface area contributed by atoms with Crippen LogP contribution in [0.15, 0.2) is 29.3 Å². The van der Waals surface area contributed by atoms with E-state index in [-0.39, 0.29) is 17.2 Å². The van der Waals surface area contributed by atoms with E-state index in [1.165, 1.54) is 30.0 Å². The number of nitrogens with zero attached hydrogens (tertiary/aromatic N) is 5. The summed E-state index contributed by atoms with van der Waals surface area (Å²) in [4.78, 5) is 20.2. The van der Waals surface area contributed by atoms with Crippen LogP contribution in [-0.2, 0) is 13.6 Å². The van der Waals surface area contributed by atoms with E-state index in [9.17, 15) is 18.0 Å². The molecule has 6 nitrogen and oxygen atoms in total. The zero-order valence-electron chi connectivity index (χ0n) is 12.3. The van der Waals surface area contributed by atoms with Crippen molar-refractivity contribution in [3.05, 3.63) is 40.7 Å². The highest BCUT2D eigenvalue weighted by Crippen LogP contribution is 2.24. The van der Waals surface area contributed by atoms with Crippen LogP contribution in [0.5, 0.6) is 0 Å². The zero-order chi connectivity index (χ0) is 16.8. The molecule has 0 atom stereocenters. The number of halogens is 3. The van der Waals surface area contributed by atoms with E-state index in [2.05, 4.69) is 15.1 Å². The van der Waals surface area contributed by atoms with Gasteiger partial charge in [-0.2, -0.15) is 18.3 Å². The molecule has 9 heteroatoms. The smallest absolute Gasteiger partial charge is 0.302 e. The molecule has 0 fully saturated rings. The zero-order valence-corrected chi connectivity index (χ0v) is 12.3. The van der Waals surface area contributed by atoms with Crippen LogP contribution in [0.25, 0.3) is 22.3 Å². The van der Waals surface area contributed by atoms with Crippen molar-refractivity contribution in [2.75, 3.05) is 0 Å². The molecule has 3 rings (SSSR count). The lowest BCUT2D eigenvalue weighted by Crippen LogP contribution is -2.19. The topological polar surface area (TPSA) is 65.6 Å². The van der Waals surface area contributed by atoms with Gasteiger partial charge in [0.25, 0.3) is 5.56 Å². The Labute approximate surface area is 128 Å². The molecule has 3 aromatic rings. The minimum absolute atomic E-state index is 0.0872. The Balaban J connectivity index is 2.14. The third-order valence-electron chi connectivity index (χ3n) is 3.28. The van der Waals surface area contributed by atoms with Crippen LogP contribution in [0.2, 0.25) is 0 Å². The van der Waals surface area contributed by atoms with Crippen molar-refractivity contribution >= 4 is 10.9 Å². The second kappa shape index (κ2) is 5.18. The monoisotopic (exact) mass is 323 g/mol. The fourth-order valence-corrected chi connectivity index (χ4v) is 2.30. The molecule has 0 unspecified atom stereocenters. The van der Waals surface area contributed by atoms with Crippen molar-refractivity contribution in [3.63, 3.8) is 0 Å². The van der Waals surface area contributed by atoms with E-state index in [4.69, 9.17) is 0 Å². The fraction of sp³-hybridized carbons (Fsp3) is 0.286. The highest BCUT2D eigenvalue weighted by molar-refractivity contribution is 5.82. The predicted octanol–water partition coefficient (Wildman–Crippen LogP) is 2.06. The van der Waals surface area contributed by atoms with Crippen LogP contribution in [0.1, 0.15) is 5.82 Å². The molecule has 0 saturated heterocycles. The molecule has 0 bridgehead atoms. The van der Waals surface area contributed by atoms with Crippen LogP contribution in [0.3, 0.4) is 0 Å². The molecule has 120 valence electrons. The van der Waals surface area contributed by atoms with E-state index in [0.29, 0.717) is 16.5 Å². The van der Waals surface area contributed by atoms with Gasteiger partial charge < -0.3 is 4.57 Å². The lowest BCUT2D eigenvalue weighted by atomic mass is 10.1. The number of aromatic nitrogens is 5. The number of fused-ring (bicyclic) bond motifs is 1. The van der Waals surface area contributed by atoms with Crippen LogP contribution in [0, 0.1) is 6.92 Å². The molecule has 0 radical (unpaired) electrons. The maximum atomic E-state index is 12.7. The quantitative estimate of drug-likeness (QED) is 0.724. The van der Waals surface area contributed by atoms with Crippen molar-refractivity contribution in [1.82, 2.24) is 24.3 Å². The van der Waals surface area contributed by atoms with Gasteiger partial charge in [-0.05, 0) is 19.1 Å². The summed E-state index contributed by atoms with van der Waals surface area (Å²) >= 11 is 0. The highest BCUT2D eigenvalue weighted by Gasteiger charge is 2.30. The fourth-order valence-electron chi connectivity index (χ4n) is 2.30. The van der Waals surface area contributed by atoms with Gasteiger partial charge in [0.1, 0.15) is 12.4 Å². The summed E-state index contributed by atoms with van der Waals surface area (Å²) in [6.07, 6.45) is -3.04. The first-order valence-corrected chi connectivity index (χ1v) is 6.68. The van der Waals surface area contributed by atoms with E-state index < -0.39 is 12.7 Å². The first-order chi connectivity index (χ1) is 10.7. The van der Waals surface area contributed by atoms with Gasteiger partial charge in [0, 0.05) is 12.6 Å². The third-order valence-corrected chi connectivity index (χ3v) is 3.28. The van der Waals surface area contributed by atoms with Gasteiger partial charge in [0.2, 0.25) is 0 Å². The van der Waals surface area contributed by atoms with Crippen molar-refractivity contribution < 1.29 is 13.2 Å². The molecule has 0 aliphatic heterocycles. The van der Waals surface area contributed by atoms with Crippen LogP contribution in [0.4, 0.5) is 13.2 Å². The van der Waals surface area contributed by atoms with Crippen molar-refractivity contribution in [1.29, 1.82) is 0 Å². The lowest BCUT2D eigenvalue weighted by Gasteiger charge is -2.09. The molecule has 2 heterocycles. The summed E-state index contributed by atoms with van der Waals surface area (Å²) in [5.41, 5.74) is 0.586. The molecule has 0 amide bonds. The molecule has 23 heavy (non-hydrogen) atoms. The average molecular weight is 323 g/mol. The van der Waals surface area contributed by atoms with Crippen LogP contribution in [-0.4, -0.2) is 30.5 Å². The van der Waals surface area contributed by atoms with Crippen molar-refractivity contribution in [2.24, 2.45) is 7.05 Å². The summed E-state index contributed by atoms with van der Waals surface area (Å²) in [5, 5.41) is 4.17. The second-order valence-corrected chi connectivity index (χ2v) is 5.15. The van der Waals surface area contributed by atoms with E-state index in [0.717, 1.165) is 4.68 Å². The lowest BCUT2D eigenvalue weighted by molar-refractivity contribution is -0.142. The summed E-state index contributed by atoms with van der Waals surface area (Å²) in [6.45, 7) is 0.288. The third kappa shape index (κ3) is 2.94. The summed E-state index contributed by atoms with van der Waals surface area (Å²) in [6, 6.07) is 4.61. The molecule has 0 saturated carbocycles. The van der Waals surface area contributed by atoms with Crippen molar-refractivity contribution in [3.8, 4) is 11.4 Å². The molecule has 0 N–H and O–H groups in total. The molecular formula is C14H12F3N5O. The van der Waals surface area contributed by atoms with Gasteiger partial charge in [-0.15, -0.1) is 0 Å². The molecular weight excluding hydrogens is 311 g/mol. The first-order valence-electron chi connectivity index (χ1n) is 6.68. The second-order valence-electron chi connectivity index (χ2n) is 5.15. The van der Waals surface area contributed by atoms with Crippen LogP contribution < -0.4 is 5.56 Å². The minimum Gasteiger partial charge on any atom is -0.302 e. The summed E-state index contributed by atoms with van der Waals surface area (Å²) in [5.74, 6) is 0.325. The maximum Gasteiger partial charge on any atom is 0.408 e. The molecule has 0 spiro atoms. The van der Waals surface area contributed by atoms with Gasteiger partial charge in [0.05, 0.1) is 17.2 Å². The van der Waals surface area contributed by atoms with Gasteiger partial charge in [-0.1, -0.05) is 6.07 Å². The summed E-state index contributed by atoms with van der Waals surface area (Å²) in [7, 11) is 1.58. The molecule has 0 aliphatic carbocycles. The minimum atomic E-state index is -4.40. The molecule has 2 aromatic heterocycles. The SMILES string of the molecule is Cc1nc(-c2ccc3c(=O)n(C)cnc3c2)n(CC(F)(F)F)n1. The first kappa shape index (κ1) is 15.2. The maximum absolute atomic E-state index is 12.7. The predicted molar refractivity (Wildman–Crippen MR) is 76.8 cm³/mol. The highest BCUT2D eigenvalue weighted by atomic mass is 19.4. The Morgan fingerprint density at radius 1 is 1.26 bits per heavy atom. The standard InChI is InChI=1S/C14H12F3N5O/c1-8-19-12(22(20-8)6-14(15,16)17)9-3-4-10-11(5-9)18-7-21(2)13(10)23/h3-5,7H,6H2,1-2H3. The summed E-state index contributed by atoms with van der Waals surface area (Å²) < 4.78 is 40.1. The Morgan fingerprint density at radius 3 is 2.70 bits per heavy atom. The van der Waals surface area contributed by atoms with Crippen molar-refractivity contribution in [2.45, 2.75) is 19.6 Å².